The quantitative estimate of drug-likeness (QED) is 0.0736. The van der Waals surface area contributed by atoms with E-state index in [2.05, 4.69) is 60.5 Å². The predicted octanol–water partition coefficient (Wildman–Crippen LogP) is 12.0. The number of hydrogen-bond acceptors (Lipinski definition) is 10. The Labute approximate surface area is 387 Å². The normalized spacial score (nSPS) is 17.4. The molecule has 2 aromatic carbocycles. The minimum Gasteiger partial charge on any atom is -0.444 e. The van der Waals surface area contributed by atoms with Crippen LogP contribution in [-0.2, 0) is 32.4 Å². The number of nitrogens with zero attached hydrogens (tertiary/aromatic N) is 7. The Morgan fingerprint density at radius 3 is 1.57 bits per heavy atom. The van der Waals surface area contributed by atoms with E-state index in [1.165, 1.54) is 0 Å². The highest BCUT2D eigenvalue weighted by atomic mass is 28.3. The van der Waals surface area contributed by atoms with Gasteiger partial charge in [0, 0.05) is 53.6 Å². The average Bonchev–Trinajstić information content (AvgIpc) is 4.05. The molecule has 2 aliphatic rings. The highest BCUT2D eigenvalue weighted by Crippen LogP contribution is 2.38. The first kappa shape index (κ1) is 48.2. The highest BCUT2D eigenvalue weighted by Gasteiger charge is 2.38. The zero-order valence-electron chi connectivity index (χ0n) is 40.8. The molecule has 5 heterocycles. The van der Waals surface area contributed by atoms with Crippen molar-refractivity contribution in [2.24, 2.45) is 0 Å². The lowest BCUT2D eigenvalue weighted by Gasteiger charge is -2.29. The summed E-state index contributed by atoms with van der Waals surface area (Å²) in [6.07, 6.45) is 6.43. The summed E-state index contributed by atoms with van der Waals surface area (Å²) in [4.78, 5) is 45.2. The molecule has 7 rings (SSSR count). The van der Waals surface area contributed by atoms with Gasteiger partial charge in [-0.3, -0.25) is 9.80 Å². The summed E-state index contributed by atoms with van der Waals surface area (Å²) >= 11 is 0. The Bertz CT molecular complexity index is 2430. The third-order valence-electron chi connectivity index (χ3n) is 11.7. The molecule has 0 spiro atoms. The van der Waals surface area contributed by atoms with Gasteiger partial charge in [0.25, 0.3) is 0 Å². The molecule has 5 aromatic rings. The molecule has 65 heavy (non-hydrogen) atoms. The molecule has 2 fully saturated rings. The lowest BCUT2D eigenvalue weighted by molar-refractivity contribution is 0.0195. The van der Waals surface area contributed by atoms with E-state index in [0.29, 0.717) is 51.2 Å². The van der Waals surface area contributed by atoms with Crippen molar-refractivity contribution in [1.29, 1.82) is 0 Å². The summed E-state index contributed by atoms with van der Waals surface area (Å²) in [5.41, 5.74) is 4.70. The van der Waals surface area contributed by atoms with Crippen LogP contribution < -0.4 is 0 Å². The van der Waals surface area contributed by atoms with Crippen molar-refractivity contribution >= 4 is 39.4 Å². The van der Waals surface area contributed by atoms with Gasteiger partial charge in [-0.15, -0.1) is 0 Å². The lowest BCUT2D eigenvalue weighted by Crippen LogP contribution is -2.37. The van der Waals surface area contributed by atoms with Crippen LogP contribution in [0.25, 0.3) is 45.1 Å². The maximum absolute atomic E-state index is 13.4. The fraction of sp³-hybridized carbons (Fsp3) is 0.571. The molecule has 0 bridgehead atoms. The molecule has 14 nitrogen and oxygen atoms in total. The first-order valence-corrected chi connectivity index (χ1v) is 30.7. The first-order valence-electron chi connectivity index (χ1n) is 23.3. The van der Waals surface area contributed by atoms with Gasteiger partial charge in [-0.05, 0) is 115 Å². The molecule has 352 valence electrons. The molecule has 0 radical (unpaired) electrons. The van der Waals surface area contributed by atoms with E-state index < -0.39 is 27.3 Å². The molecule has 2 amide bonds. The van der Waals surface area contributed by atoms with Gasteiger partial charge in [0.2, 0.25) is 5.89 Å². The van der Waals surface area contributed by atoms with Gasteiger partial charge in [0.1, 0.15) is 41.8 Å². The number of aromatic nitrogens is 5. The molecule has 16 heteroatoms. The Kier molecular flexibility index (Phi) is 14.2. The van der Waals surface area contributed by atoms with Crippen LogP contribution in [0.5, 0.6) is 0 Å². The standard InChI is InChI=1S/C49H71N7O7Si2/c1-48(2,3)62-46(57)53-23-13-15-38(53)43-50-30-40(55(43)32-59-25-27-64(7,8)9)34-17-19-35(20-18-34)45-52-37-29-36(21-22-42(37)61-45)41-31-51-44(56(41)33-60-26-28-65(10,11)12)39-16-14-24-54(39)47(58)63-49(4,5)6/h17-22,29-31,38-39H,13-16,23-28,32-33H2,1-12H3/t38-,39-/m0/s1. The maximum atomic E-state index is 13.4. The second kappa shape index (κ2) is 19.2. The predicted molar refractivity (Wildman–Crippen MR) is 260 cm³/mol. The summed E-state index contributed by atoms with van der Waals surface area (Å²) < 4.78 is 34.9. The van der Waals surface area contributed by atoms with Crippen LogP contribution in [-0.4, -0.2) is 99.7 Å². The minimum absolute atomic E-state index is 0.217. The van der Waals surface area contributed by atoms with Crippen LogP contribution >= 0.6 is 0 Å². The van der Waals surface area contributed by atoms with Crippen LogP contribution in [0.4, 0.5) is 9.59 Å². The molecular weight excluding hydrogens is 855 g/mol. The molecular formula is C49H71N7O7Si2. The average molecular weight is 926 g/mol. The van der Waals surface area contributed by atoms with Crippen molar-refractivity contribution < 1.29 is 33.0 Å². The number of carbonyl (C=O) groups is 2. The molecule has 2 aliphatic heterocycles. The summed E-state index contributed by atoms with van der Waals surface area (Å²) in [5.74, 6) is 2.09. The van der Waals surface area contributed by atoms with Crippen molar-refractivity contribution in [3.05, 3.63) is 66.5 Å². The number of oxazole rings is 1. The topological polar surface area (TPSA) is 139 Å². The molecule has 0 N–H and O–H groups in total. The smallest absolute Gasteiger partial charge is 0.410 e. The van der Waals surface area contributed by atoms with Crippen molar-refractivity contribution in [3.8, 4) is 34.0 Å². The second-order valence-electron chi connectivity index (χ2n) is 22.0. The van der Waals surface area contributed by atoms with Gasteiger partial charge in [-0.25, -0.2) is 24.5 Å². The number of ether oxygens (including phenoxy) is 4. The Morgan fingerprint density at radius 2 is 1.11 bits per heavy atom. The van der Waals surface area contributed by atoms with Gasteiger partial charge in [0.15, 0.2) is 5.58 Å². The number of benzene rings is 2. The fourth-order valence-corrected chi connectivity index (χ4v) is 9.77. The molecule has 3 aromatic heterocycles. The van der Waals surface area contributed by atoms with Crippen molar-refractivity contribution in [1.82, 2.24) is 33.9 Å². The number of amides is 2. The van der Waals surface area contributed by atoms with Crippen LogP contribution in [0.1, 0.15) is 91.0 Å². The van der Waals surface area contributed by atoms with Crippen molar-refractivity contribution in [3.63, 3.8) is 0 Å². The number of fused-ring (bicyclic) bond motifs is 1. The molecule has 2 saturated heterocycles. The monoisotopic (exact) mass is 925 g/mol. The van der Waals surface area contributed by atoms with E-state index in [0.717, 1.165) is 83.0 Å². The van der Waals surface area contributed by atoms with Crippen LogP contribution in [0, 0.1) is 0 Å². The molecule has 2 atom stereocenters. The van der Waals surface area contributed by atoms with Gasteiger partial charge in [-0.1, -0.05) is 51.4 Å². The number of hydrogen-bond donors (Lipinski definition) is 0. The summed E-state index contributed by atoms with van der Waals surface area (Å²) in [7, 11) is -2.62. The van der Waals surface area contributed by atoms with Gasteiger partial charge < -0.3 is 32.5 Å². The van der Waals surface area contributed by atoms with Gasteiger partial charge in [0.05, 0.1) is 35.9 Å². The number of carbonyl (C=O) groups excluding carboxylic acids is 2. The van der Waals surface area contributed by atoms with Crippen LogP contribution in [0.3, 0.4) is 0 Å². The van der Waals surface area contributed by atoms with Crippen LogP contribution in [0.2, 0.25) is 51.4 Å². The van der Waals surface area contributed by atoms with Gasteiger partial charge >= 0.3 is 12.2 Å². The minimum atomic E-state index is -1.31. The number of imidazole rings is 2. The Morgan fingerprint density at radius 1 is 0.662 bits per heavy atom. The summed E-state index contributed by atoms with van der Waals surface area (Å²) in [6.45, 7) is 28.6. The van der Waals surface area contributed by atoms with E-state index in [4.69, 9.17) is 38.3 Å². The zero-order valence-corrected chi connectivity index (χ0v) is 42.8. The highest BCUT2D eigenvalue weighted by molar-refractivity contribution is 6.76. The fourth-order valence-electron chi connectivity index (χ4n) is 8.25. The molecule has 0 aliphatic carbocycles. The van der Waals surface area contributed by atoms with E-state index in [-0.39, 0.29) is 24.3 Å². The summed E-state index contributed by atoms with van der Waals surface area (Å²) in [5, 5.41) is 0. The largest absolute Gasteiger partial charge is 0.444 e. The van der Waals surface area contributed by atoms with Crippen LogP contribution in [0.15, 0.2) is 59.3 Å². The third kappa shape index (κ3) is 12.2. The van der Waals surface area contributed by atoms with E-state index in [9.17, 15) is 9.59 Å². The van der Waals surface area contributed by atoms with Crippen molar-refractivity contribution in [2.75, 3.05) is 26.3 Å². The second-order valence-corrected chi connectivity index (χ2v) is 33.2. The third-order valence-corrected chi connectivity index (χ3v) is 15.1. The number of rotatable bonds is 15. The SMILES string of the molecule is CC(C)(C)OC(=O)N1CCC[C@H]1c1ncc(-c2ccc(-c3nc4cc(-c5cnc([C@@H]6CCCN6C(=O)OC(C)(C)C)n5COCC[Si](C)(C)C)ccc4o3)cc2)n1COCC[Si](C)(C)C. The Balaban J connectivity index is 1.15. The maximum Gasteiger partial charge on any atom is 0.410 e. The molecule has 0 saturated carbocycles. The Hall–Kier alpha value is -4.78. The summed E-state index contributed by atoms with van der Waals surface area (Å²) in [6, 6.07) is 15.8. The van der Waals surface area contributed by atoms with E-state index >= 15 is 0 Å². The number of likely N-dealkylation sites (tertiary alicyclic amines) is 2. The van der Waals surface area contributed by atoms with Gasteiger partial charge in [-0.2, -0.15) is 0 Å². The van der Waals surface area contributed by atoms with E-state index in [1.807, 2.05) is 89.2 Å². The first-order chi connectivity index (χ1) is 30.5. The lowest BCUT2D eigenvalue weighted by atomic mass is 10.1. The molecule has 0 unspecified atom stereocenters. The zero-order chi connectivity index (χ0) is 46.9. The van der Waals surface area contributed by atoms with E-state index in [1.54, 1.807) is 4.90 Å². The van der Waals surface area contributed by atoms with Crippen molar-refractivity contribution in [2.45, 2.75) is 155 Å².